The quantitative estimate of drug-likeness (QED) is 0.448. The minimum absolute atomic E-state index is 0.109. The van der Waals surface area contributed by atoms with Crippen LogP contribution in [0.4, 0.5) is 5.69 Å². The van der Waals surface area contributed by atoms with Crippen molar-refractivity contribution in [1.82, 2.24) is 0 Å². The van der Waals surface area contributed by atoms with Crippen LogP contribution in [0.3, 0.4) is 0 Å². The number of hydrogen-bond acceptors (Lipinski definition) is 2. The van der Waals surface area contributed by atoms with Crippen molar-refractivity contribution in [2.45, 2.75) is 26.2 Å². The van der Waals surface area contributed by atoms with Gasteiger partial charge in [-0.25, -0.2) is 4.79 Å². The summed E-state index contributed by atoms with van der Waals surface area (Å²) in [5, 5.41) is 9.13. The number of allylic oxidation sites excluding steroid dienone is 1. The number of rotatable bonds is 8. The number of carbonyl (C=O) groups is 2. The molecule has 0 bridgehead atoms. The molecule has 126 valence electrons. The van der Waals surface area contributed by atoms with Crippen LogP contribution >= 0.6 is 0 Å². The predicted octanol–water partition coefficient (Wildman–Crippen LogP) is 3.92. The third-order valence-electron chi connectivity index (χ3n) is 4.41. The first-order chi connectivity index (χ1) is 11.5. The lowest BCUT2D eigenvalue weighted by Gasteiger charge is -2.21. The molecule has 2 rings (SSSR count). The van der Waals surface area contributed by atoms with Crippen LogP contribution in [0.5, 0.6) is 0 Å². The summed E-state index contributed by atoms with van der Waals surface area (Å²) in [4.78, 5) is 24.4. The Balaban J connectivity index is 2.28. The lowest BCUT2D eigenvalue weighted by molar-refractivity contribution is -0.132. The van der Waals surface area contributed by atoms with Crippen molar-refractivity contribution in [3.05, 3.63) is 65.8 Å². The zero-order chi connectivity index (χ0) is 17.7. The van der Waals surface area contributed by atoms with Gasteiger partial charge in [-0.1, -0.05) is 43.9 Å². The van der Waals surface area contributed by atoms with E-state index < -0.39 is 5.97 Å². The predicted molar refractivity (Wildman–Crippen MR) is 96.0 cm³/mol. The molecule has 0 aromatic heterocycles. The number of hydrogen-bond donors (Lipinski definition) is 1. The molecule has 2 unspecified atom stereocenters. The van der Waals surface area contributed by atoms with E-state index in [9.17, 15) is 9.59 Å². The summed E-state index contributed by atoms with van der Waals surface area (Å²) in [6.07, 6.45) is 6.60. The van der Waals surface area contributed by atoms with E-state index in [1.807, 2.05) is 31.2 Å². The maximum Gasteiger partial charge on any atom is 0.335 e. The Labute approximate surface area is 142 Å². The van der Waals surface area contributed by atoms with Crippen molar-refractivity contribution in [2.75, 3.05) is 11.4 Å². The van der Waals surface area contributed by atoms with Crippen molar-refractivity contribution in [2.24, 2.45) is 5.92 Å². The SMILES string of the molecule is C=C/C(=C\C(=C/C)CN(C=O)c1ccccc1C1CC1C)C(=O)O. The van der Waals surface area contributed by atoms with Crippen LogP contribution in [0.15, 0.2) is 60.2 Å². The zero-order valence-electron chi connectivity index (χ0n) is 14.1. The molecule has 4 heteroatoms. The molecule has 0 saturated heterocycles. The number of benzene rings is 1. The minimum atomic E-state index is -1.03. The Morgan fingerprint density at radius 2 is 2.08 bits per heavy atom. The molecule has 0 aliphatic heterocycles. The van der Waals surface area contributed by atoms with Gasteiger partial charge in [0.05, 0.1) is 12.1 Å². The number of carboxylic acids is 1. The Morgan fingerprint density at radius 1 is 1.42 bits per heavy atom. The number of aliphatic carboxylic acids is 1. The van der Waals surface area contributed by atoms with Crippen LogP contribution in [0.25, 0.3) is 0 Å². The highest BCUT2D eigenvalue weighted by atomic mass is 16.4. The highest BCUT2D eigenvalue weighted by molar-refractivity contribution is 5.90. The summed E-state index contributed by atoms with van der Waals surface area (Å²) in [7, 11) is 0. The van der Waals surface area contributed by atoms with Gasteiger partial charge in [-0.05, 0) is 48.5 Å². The van der Waals surface area contributed by atoms with Gasteiger partial charge in [0.2, 0.25) is 6.41 Å². The summed E-state index contributed by atoms with van der Waals surface area (Å²) in [6, 6.07) is 7.92. The summed E-state index contributed by atoms with van der Waals surface area (Å²) < 4.78 is 0. The topological polar surface area (TPSA) is 57.6 Å². The van der Waals surface area contributed by atoms with Gasteiger partial charge in [-0.15, -0.1) is 0 Å². The fraction of sp³-hybridized carbons (Fsp3) is 0.300. The van der Waals surface area contributed by atoms with Crippen LogP contribution in [0, 0.1) is 5.92 Å². The maximum absolute atomic E-state index is 11.7. The summed E-state index contributed by atoms with van der Waals surface area (Å²) in [6.45, 7) is 7.87. The number of anilines is 1. The maximum atomic E-state index is 11.7. The molecule has 4 nitrogen and oxygen atoms in total. The molecule has 24 heavy (non-hydrogen) atoms. The normalized spacial score (nSPS) is 20.4. The molecule has 2 atom stereocenters. The van der Waals surface area contributed by atoms with Crippen molar-refractivity contribution < 1.29 is 14.7 Å². The van der Waals surface area contributed by atoms with Crippen molar-refractivity contribution in [3.63, 3.8) is 0 Å². The number of para-hydroxylation sites is 1. The lowest BCUT2D eigenvalue weighted by Crippen LogP contribution is -2.24. The zero-order valence-corrected chi connectivity index (χ0v) is 14.1. The standard InChI is InChI=1S/C20H23NO3/c1-4-15(11-16(5-2)20(23)24)12-21(13-22)19-9-7-6-8-17(19)18-10-14(18)3/h4-9,11,13-14,18H,2,10,12H2,1,3H3,(H,23,24)/b15-4+,16-11+. The smallest absolute Gasteiger partial charge is 0.335 e. The summed E-state index contributed by atoms with van der Waals surface area (Å²) >= 11 is 0. The highest BCUT2D eigenvalue weighted by Crippen LogP contribution is 2.49. The second kappa shape index (κ2) is 7.77. The number of nitrogens with zero attached hydrogens (tertiary/aromatic N) is 1. The van der Waals surface area contributed by atoms with Crippen molar-refractivity contribution in [3.8, 4) is 0 Å². The summed E-state index contributed by atoms with van der Waals surface area (Å²) in [5.74, 6) is 0.102. The van der Waals surface area contributed by atoms with Crippen molar-refractivity contribution >= 4 is 18.1 Å². The van der Waals surface area contributed by atoms with Gasteiger partial charge in [-0.3, -0.25) is 4.79 Å². The van der Waals surface area contributed by atoms with Gasteiger partial charge < -0.3 is 10.0 Å². The molecule has 1 aromatic rings. The Bertz CT molecular complexity index is 703. The molecule has 0 heterocycles. The summed E-state index contributed by atoms with van der Waals surface area (Å²) in [5.41, 5.74) is 2.93. The third-order valence-corrected chi connectivity index (χ3v) is 4.41. The molecule has 0 radical (unpaired) electrons. The Morgan fingerprint density at radius 3 is 2.58 bits per heavy atom. The monoisotopic (exact) mass is 325 g/mol. The molecule has 1 fully saturated rings. The molecular formula is C20H23NO3. The second-order valence-corrected chi connectivity index (χ2v) is 6.08. The van der Waals surface area contributed by atoms with E-state index in [4.69, 9.17) is 5.11 Å². The van der Waals surface area contributed by atoms with E-state index in [-0.39, 0.29) is 5.57 Å². The Hall–Kier alpha value is -2.62. The number of carbonyl (C=O) groups excluding carboxylic acids is 1. The molecule has 1 aliphatic carbocycles. The van der Waals surface area contributed by atoms with Crippen LogP contribution in [-0.4, -0.2) is 24.0 Å². The molecule has 1 aromatic carbocycles. The Kier molecular flexibility index (Phi) is 5.74. The molecule has 1 aliphatic rings. The molecule has 1 saturated carbocycles. The number of carboxylic acid groups (broad SMARTS) is 1. The van der Waals surface area contributed by atoms with Gasteiger partial charge in [0.1, 0.15) is 0 Å². The van der Waals surface area contributed by atoms with Crippen LogP contribution in [0.2, 0.25) is 0 Å². The fourth-order valence-corrected chi connectivity index (χ4v) is 2.82. The first kappa shape index (κ1) is 17.7. The molecular weight excluding hydrogens is 302 g/mol. The van der Waals surface area contributed by atoms with E-state index in [0.29, 0.717) is 18.4 Å². The van der Waals surface area contributed by atoms with Crippen molar-refractivity contribution in [1.29, 1.82) is 0 Å². The fourth-order valence-electron chi connectivity index (χ4n) is 2.82. The second-order valence-electron chi connectivity index (χ2n) is 6.08. The third kappa shape index (κ3) is 4.02. The van der Waals surface area contributed by atoms with E-state index in [1.165, 1.54) is 11.6 Å². The van der Waals surface area contributed by atoms with Gasteiger partial charge in [0, 0.05) is 5.69 Å². The first-order valence-corrected chi connectivity index (χ1v) is 8.05. The van der Waals surface area contributed by atoms with E-state index in [0.717, 1.165) is 24.1 Å². The highest BCUT2D eigenvalue weighted by Gasteiger charge is 2.36. The van der Waals surface area contributed by atoms with E-state index in [2.05, 4.69) is 19.6 Å². The van der Waals surface area contributed by atoms with Gasteiger partial charge in [-0.2, -0.15) is 0 Å². The largest absolute Gasteiger partial charge is 0.478 e. The average molecular weight is 325 g/mol. The average Bonchev–Trinajstić information content (AvgIpc) is 3.31. The van der Waals surface area contributed by atoms with E-state index >= 15 is 0 Å². The first-order valence-electron chi connectivity index (χ1n) is 8.05. The molecule has 1 N–H and O–H groups in total. The lowest BCUT2D eigenvalue weighted by atomic mass is 10.0. The van der Waals surface area contributed by atoms with Crippen LogP contribution in [-0.2, 0) is 9.59 Å². The minimum Gasteiger partial charge on any atom is -0.478 e. The van der Waals surface area contributed by atoms with Gasteiger partial charge in [0.25, 0.3) is 0 Å². The van der Waals surface area contributed by atoms with Gasteiger partial charge >= 0.3 is 5.97 Å². The van der Waals surface area contributed by atoms with E-state index in [1.54, 1.807) is 11.0 Å². The molecule has 0 spiro atoms. The van der Waals surface area contributed by atoms with Gasteiger partial charge in [0.15, 0.2) is 0 Å². The van der Waals surface area contributed by atoms with Crippen LogP contribution < -0.4 is 4.90 Å². The molecule has 1 amide bonds. The van der Waals surface area contributed by atoms with Crippen LogP contribution in [0.1, 0.15) is 31.7 Å². The number of amides is 1.